The Bertz CT molecular complexity index is 384. The molecule has 0 aliphatic heterocycles. The molecule has 0 radical (unpaired) electrons. The summed E-state index contributed by atoms with van der Waals surface area (Å²) in [5, 5.41) is 0. The average Bonchev–Trinajstić information content (AvgIpc) is 2.22. The van der Waals surface area contributed by atoms with E-state index in [1.807, 2.05) is 0 Å². The molecular formula is C6F12O2. The summed E-state index contributed by atoms with van der Waals surface area (Å²) in [5.41, 5.74) is -15.2. The number of halogens is 12. The second-order valence-electron chi connectivity index (χ2n) is 3.18. The van der Waals surface area contributed by atoms with Gasteiger partial charge in [-0.2, -0.15) is 39.5 Å². The second-order valence-corrected chi connectivity index (χ2v) is 3.18. The topological polar surface area (TPSA) is 26.3 Å². The maximum absolute atomic E-state index is 13.1. The van der Waals surface area contributed by atoms with Gasteiger partial charge in [0.15, 0.2) is 0 Å². The van der Waals surface area contributed by atoms with Crippen LogP contribution in [0.15, 0.2) is 0 Å². The zero-order valence-corrected chi connectivity index (χ0v) is 8.35. The number of carbonyl (C=O) groups excluding carboxylic acids is 1. The maximum atomic E-state index is 13.1. The number of hydrogen-bond acceptors (Lipinski definition) is 2. The quantitative estimate of drug-likeness (QED) is 0.582. The van der Waals surface area contributed by atoms with Gasteiger partial charge in [0.1, 0.15) is 0 Å². The highest BCUT2D eigenvalue weighted by atomic mass is 19.4. The van der Waals surface area contributed by atoms with Crippen molar-refractivity contribution < 1.29 is 62.6 Å². The van der Waals surface area contributed by atoms with E-state index in [1.165, 1.54) is 0 Å². The van der Waals surface area contributed by atoms with Crippen molar-refractivity contribution in [2.24, 2.45) is 0 Å². The molecule has 0 spiro atoms. The summed E-state index contributed by atoms with van der Waals surface area (Å²) >= 11 is 0. The summed E-state index contributed by atoms with van der Waals surface area (Å²) in [5.74, 6) is 0. The first-order valence-corrected chi connectivity index (χ1v) is 3.89. The molecule has 0 aliphatic rings. The summed E-state index contributed by atoms with van der Waals surface area (Å²) in [6.45, 7) is 0. The summed E-state index contributed by atoms with van der Waals surface area (Å²) in [6, 6.07) is -4.80. The van der Waals surface area contributed by atoms with Crippen molar-refractivity contribution in [1.29, 1.82) is 0 Å². The zero-order valence-electron chi connectivity index (χ0n) is 8.35. The predicted molar refractivity (Wildman–Crippen MR) is 33.0 cm³/mol. The Hall–Kier alpha value is -1.21. The van der Waals surface area contributed by atoms with Crippen LogP contribution in [-0.4, -0.2) is 35.8 Å². The molecule has 20 heavy (non-hydrogen) atoms. The van der Waals surface area contributed by atoms with Crippen molar-refractivity contribution in [3.63, 3.8) is 0 Å². The molecule has 2 nitrogen and oxygen atoms in total. The fraction of sp³-hybridized carbons (Fsp3) is 0.833. The van der Waals surface area contributed by atoms with Crippen LogP contribution in [-0.2, 0) is 9.74 Å². The lowest BCUT2D eigenvalue weighted by atomic mass is 9.83. The molecule has 2 atom stereocenters. The van der Waals surface area contributed by atoms with E-state index >= 15 is 0 Å². The third-order valence-electron chi connectivity index (χ3n) is 2.02. The standard InChI is InChI=1S/C6F12O2/c7-1(19)2(8,4(10,11)12)3(9,5(13,14)15)6(16,17)20-18. The number of alkyl halides is 10. The second kappa shape index (κ2) is 4.66. The Morgan fingerprint density at radius 2 is 1.10 bits per heavy atom. The number of carbonyl (C=O) groups is 1. The van der Waals surface area contributed by atoms with Gasteiger partial charge in [0, 0.05) is 0 Å². The van der Waals surface area contributed by atoms with Crippen LogP contribution in [0.1, 0.15) is 0 Å². The van der Waals surface area contributed by atoms with E-state index in [1.54, 1.807) is 0 Å². The van der Waals surface area contributed by atoms with Gasteiger partial charge in [-0.05, 0) is 4.53 Å². The van der Waals surface area contributed by atoms with Gasteiger partial charge in [-0.15, -0.1) is 4.94 Å². The van der Waals surface area contributed by atoms with Crippen LogP contribution in [0.5, 0.6) is 0 Å². The Morgan fingerprint density at radius 1 is 0.750 bits per heavy atom. The van der Waals surface area contributed by atoms with Crippen molar-refractivity contribution >= 4 is 6.04 Å². The lowest BCUT2D eigenvalue weighted by molar-refractivity contribution is -0.472. The highest BCUT2D eigenvalue weighted by molar-refractivity contribution is 5.82. The van der Waals surface area contributed by atoms with Gasteiger partial charge in [0.05, 0.1) is 0 Å². The molecule has 0 rings (SSSR count). The van der Waals surface area contributed by atoms with Crippen molar-refractivity contribution in [2.45, 2.75) is 29.8 Å². The first kappa shape index (κ1) is 18.8. The molecule has 0 aromatic carbocycles. The van der Waals surface area contributed by atoms with E-state index in [4.69, 9.17) is 0 Å². The molecule has 0 bridgehead atoms. The van der Waals surface area contributed by atoms with Crippen molar-refractivity contribution in [3.8, 4) is 0 Å². The van der Waals surface area contributed by atoms with Crippen molar-refractivity contribution in [3.05, 3.63) is 0 Å². The normalized spacial score (nSPS) is 20.2. The van der Waals surface area contributed by atoms with Crippen LogP contribution >= 0.6 is 0 Å². The predicted octanol–water partition coefficient (Wildman–Crippen LogP) is 3.52. The first-order valence-electron chi connectivity index (χ1n) is 3.89. The van der Waals surface area contributed by atoms with Crippen LogP contribution in [0.4, 0.5) is 52.8 Å². The molecular weight excluding hydrogens is 332 g/mol. The van der Waals surface area contributed by atoms with Crippen LogP contribution in [0.2, 0.25) is 0 Å². The fourth-order valence-corrected chi connectivity index (χ4v) is 1.06. The minimum Gasteiger partial charge on any atom is -0.257 e. The van der Waals surface area contributed by atoms with Crippen LogP contribution < -0.4 is 0 Å². The van der Waals surface area contributed by atoms with E-state index in [9.17, 15) is 57.6 Å². The van der Waals surface area contributed by atoms with Gasteiger partial charge in [-0.1, -0.05) is 0 Å². The maximum Gasteiger partial charge on any atom is 0.436 e. The molecule has 14 heteroatoms. The molecule has 2 unspecified atom stereocenters. The molecule has 0 saturated carbocycles. The van der Waals surface area contributed by atoms with Crippen molar-refractivity contribution in [1.82, 2.24) is 0 Å². The van der Waals surface area contributed by atoms with E-state index in [2.05, 4.69) is 0 Å². The lowest BCUT2D eigenvalue weighted by Gasteiger charge is -2.39. The molecule has 0 N–H and O–H groups in total. The van der Waals surface area contributed by atoms with E-state index in [0.717, 1.165) is 4.94 Å². The highest BCUT2D eigenvalue weighted by Gasteiger charge is 2.93. The van der Waals surface area contributed by atoms with Gasteiger partial charge >= 0.3 is 35.8 Å². The Labute approximate surface area is 99.7 Å². The third-order valence-corrected chi connectivity index (χ3v) is 2.02. The van der Waals surface area contributed by atoms with Gasteiger partial charge in [0.25, 0.3) is 0 Å². The highest BCUT2D eigenvalue weighted by Crippen LogP contribution is 2.59. The Kier molecular flexibility index (Phi) is 4.38. The SMILES string of the molecule is O=C(F)C(F)(C(F)(F)F)C(F)(C(F)(F)F)C(F)(F)OF. The van der Waals surface area contributed by atoms with Crippen LogP contribution in [0.3, 0.4) is 0 Å². The summed E-state index contributed by atoms with van der Waals surface area (Å²) in [4.78, 5) is 10.8. The minimum absolute atomic E-state index is 1.03. The number of hydrogen-bond donors (Lipinski definition) is 0. The van der Waals surface area contributed by atoms with Crippen LogP contribution in [0.25, 0.3) is 0 Å². The first-order chi connectivity index (χ1) is 8.50. The molecule has 0 aliphatic carbocycles. The van der Waals surface area contributed by atoms with E-state index in [0.29, 0.717) is 0 Å². The Balaban J connectivity index is 6.64. The number of rotatable bonds is 4. The lowest BCUT2D eigenvalue weighted by Crippen LogP contribution is -2.74. The monoisotopic (exact) mass is 332 g/mol. The molecule has 0 amide bonds. The van der Waals surface area contributed by atoms with Crippen LogP contribution in [0, 0.1) is 0 Å². The van der Waals surface area contributed by atoms with Crippen molar-refractivity contribution in [2.75, 3.05) is 0 Å². The minimum atomic E-state index is -7.70. The summed E-state index contributed by atoms with van der Waals surface area (Å²) in [6.07, 6.45) is -22.2. The fourth-order valence-electron chi connectivity index (χ4n) is 1.06. The van der Waals surface area contributed by atoms with Gasteiger partial charge in [-0.25, -0.2) is 8.78 Å². The van der Waals surface area contributed by atoms with E-state index in [-0.39, 0.29) is 0 Å². The molecule has 0 saturated heterocycles. The zero-order chi connectivity index (χ0) is 16.8. The third kappa shape index (κ3) is 2.18. The average molecular weight is 332 g/mol. The van der Waals surface area contributed by atoms with Gasteiger partial charge < -0.3 is 0 Å². The largest absolute Gasteiger partial charge is 0.436 e. The molecule has 0 fully saturated rings. The molecule has 0 aromatic rings. The molecule has 0 heterocycles. The molecule has 0 aromatic heterocycles. The molecule has 120 valence electrons. The van der Waals surface area contributed by atoms with Gasteiger partial charge in [0.2, 0.25) is 0 Å². The summed E-state index contributed by atoms with van der Waals surface area (Å²) in [7, 11) is 0. The smallest absolute Gasteiger partial charge is 0.257 e. The van der Waals surface area contributed by atoms with E-state index < -0.39 is 35.8 Å². The summed E-state index contributed by atoms with van der Waals surface area (Å²) < 4.78 is 146. The van der Waals surface area contributed by atoms with Gasteiger partial charge in [-0.3, -0.25) is 4.79 Å². The Morgan fingerprint density at radius 3 is 1.25 bits per heavy atom.